The highest BCUT2D eigenvalue weighted by atomic mass is 79.9. The second-order valence-corrected chi connectivity index (χ2v) is 5.92. The number of aromatic nitrogens is 1. The zero-order chi connectivity index (χ0) is 12.8. The maximum absolute atomic E-state index is 4.19. The minimum absolute atomic E-state index is 0.664. The van der Waals surface area contributed by atoms with Crippen LogP contribution in [0, 0.1) is 0 Å². The fraction of sp³-hybridized carbons (Fsp3) is 0.643. The van der Waals surface area contributed by atoms with E-state index in [0.29, 0.717) is 6.04 Å². The number of nitrogens with zero attached hydrogens (tertiary/aromatic N) is 2. The fourth-order valence-electron chi connectivity index (χ4n) is 2.49. The van der Waals surface area contributed by atoms with Crippen LogP contribution < -0.4 is 5.32 Å². The molecule has 0 saturated carbocycles. The summed E-state index contributed by atoms with van der Waals surface area (Å²) >= 11 is 3.46. The van der Waals surface area contributed by atoms with Gasteiger partial charge in [0.25, 0.3) is 0 Å². The minimum atomic E-state index is 0.664. The van der Waals surface area contributed by atoms with Crippen LogP contribution in [-0.4, -0.2) is 35.6 Å². The zero-order valence-corrected chi connectivity index (χ0v) is 12.6. The average Bonchev–Trinajstić information content (AvgIpc) is 2.38. The van der Waals surface area contributed by atoms with Crippen molar-refractivity contribution in [1.29, 1.82) is 0 Å². The summed E-state index contributed by atoms with van der Waals surface area (Å²) in [6.45, 7) is 6.90. The molecule has 1 aliphatic heterocycles. The van der Waals surface area contributed by atoms with Crippen molar-refractivity contribution in [2.75, 3.05) is 19.6 Å². The van der Waals surface area contributed by atoms with Crippen LogP contribution in [0.4, 0.5) is 0 Å². The Bertz CT molecular complexity index is 362. The molecule has 4 heteroatoms. The first kappa shape index (κ1) is 14.0. The predicted molar refractivity (Wildman–Crippen MR) is 78.5 cm³/mol. The summed E-state index contributed by atoms with van der Waals surface area (Å²) in [6.07, 6.45) is 7.56. The van der Waals surface area contributed by atoms with Crippen molar-refractivity contribution in [2.24, 2.45) is 0 Å². The van der Waals surface area contributed by atoms with E-state index in [4.69, 9.17) is 0 Å². The van der Waals surface area contributed by atoms with Gasteiger partial charge in [0, 0.05) is 29.5 Å². The zero-order valence-electron chi connectivity index (χ0n) is 11.0. The fourth-order valence-corrected chi connectivity index (χ4v) is 2.90. The number of halogens is 1. The summed E-state index contributed by atoms with van der Waals surface area (Å²) in [7, 11) is 0. The van der Waals surface area contributed by atoms with Crippen molar-refractivity contribution in [3.8, 4) is 0 Å². The Hall–Kier alpha value is -0.450. The molecule has 0 aliphatic carbocycles. The molecule has 2 rings (SSSR count). The lowest BCUT2D eigenvalue weighted by atomic mass is 10.0. The quantitative estimate of drug-likeness (QED) is 0.906. The lowest BCUT2D eigenvalue weighted by molar-refractivity contribution is 0.197. The number of likely N-dealkylation sites (tertiary alicyclic amines) is 1. The van der Waals surface area contributed by atoms with Gasteiger partial charge in [0.15, 0.2) is 0 Å². The molecule has 0 aromatic carbocycles. The molecule has 0 spiro atoms. The van der Waals surface area contributed by atoms with Crippen molar-refractivity contribution >= 4 is 15.9 Å². The Labute approximate surface area is 118 Å². The molecule has 1 N–H and O–H groups in total. The van der Waals surface area contributed by atoms with Crippen molar-refractivity contribution in [3.63, 3.8) is 0 Å². The van der Waals surface area contributed by atoms with E-state index < -0.39 is 0 Å². The Kier molecular flexibility index (Phi) is 5.60. The molecule has 1 aliphatic rings. The van der Waals surface area contributed by atoms with Crippen molar-refractivity contribution in [2.45, 2.75) is 38.8 Å². The third kappa shape index (κ3) is 4.34. The van der Waals surface area contributed by atoms with Gasteiger partial charge in [-0.05, 0) is 66.5 Å². The van der Waals surface area contributed by atoms with Crippen LogP contribution in [0.25, 0.3) is 0 Å². The number of rotatable bonds is 5. The van der Waals surface area contributed by atoms with E-state index in [2.05, 4.69) is 44.1 Å². The van der Waals surface area contributed by atoms with E-state index in [1.54, 1.807) is 0 Å². The highest BCUT2D eigenvalue weighted by Gasteiger charge is 2.17. The van der Waals surface area contributed by atoms with Gasteiger partial charge in [-0.2, -0.15) is 0 Å². The average molecular weight is 312 g/mol. The first-order valence-corrected chi connectivity index (χ1v) is 7.62. The molecule has 1 saturated heterocycles. The van der Waals surface area contributed by atoms with Gasteiger partial charge in [-0.1, -0.05) is 6.92 Å². The smallest absolute Gasteiger partial charge is 0.0410 e. The maximum atomic E-state index is 4.19. The Morgan fingerprint density at radius 1 is 1.39 bits per heavy atom. The number of piperidine rings is 1. The summed E-state index contributed by atoms with van der Waals surface area (Å²) in [5, 5.41) is 3.64. The van der Waals surface area contributed by atoms with Crippen LogP contribution >= 0.6 is 15.9 Å². The Morgan fingerprint density at radius 3 is 2.83 bits per heavy atom. The van der Waals surface area contributed by atoms with Gasteiger partial charge < -0.3 is 10.2 Å². The lowest BCUT2D eigenvalue weighted by Gasteiger charge is -2.32. The first-order chi connectivity index (χ1) is 8.78. The molecule has 0 bridgehead atoms. The van der Waals surface area contributed by atoms with Crippen LogP contribution in [0.1, 0.15) is 31.7 Å². The van der Waals surface area contributed by atoms with Gasteiger partial charge in [0.05, 0.1) is 0 Å². The summed E-state index contributed by atoms with van der Waals surface area (Å²) < 4.78 is 1.06. The maximum Gasteiger partial charge on any atom is 0.0410 e. The minimum Gasteiger partial charge on any atom is -0.310 e. The molecule has 0 atom stereocenters. The molecule has 0 amide bonds. The van der Waals surface area contributed by atoms with Gasteiger partial charge >= 0.3 is 0 Å². The molecule has 100 valence electrons. The highest BCUT2D eigenvalue weighted by Crippen LogP contribution is 2.13. The van der Waals surface area contributed by atoms with E-state index in [9.17, 15) is 0 Å². The first-order valence-electron chi connectivity index (χ1n) is 6.83. The Morgan fingerprint density at radius 2 is 2.17 bits per heavy atom. The standard InChI is InChI=1S/C14H22BrN3/c1-2-5-18-6-3-14(4-7-18)17-10-12-8-13(15)11-16-9-12/h8-9,11,14,17H,2-7,10H2,1H3. The van der Waals surface area contributed by atoms with Crippen LogP contribution in [0.2, 0.25) is 0 Å². The van der Waals surface area contributed by atoms with Crippen LogP contribution in [0.5, 0.6) is 0 Å². The second kappa shape index (κ2) is 7.22. The molecule has 2 heterocycles. The molecule has 0 unspecified atom stereocenters. The highest BCUT2D eigenvalue weighted by molar-refractivity contribution is 9.10. The molecular weight excluding hydrogens is 290 g/mol. The molecule has 3 nitrogen and oxygen atoms in total. The van der Waals surface area contributed by atoms with E-state index in [1.165, 1.54) is 44.5 Å². The number of nitrogens with one attached hydrogen (secondary N) is 1. The third-order valence-corrected chi connectivity index (χ3v) is 3.92. The molecule has 1 fully saturated rings. The van der Waals surface area contributed by atoms with Gasteiger partial charge in [-0.3, -0.25) is 4.98 Å². The van der Waals surface area contributed by atoms with E-state index in [0.717, 1.165) is 11.0 Å². The SMILES string of the molecule is CCCN1CCC(NCc2cncc(Br)c2)CC1. The van der Waals surface area contributed by atoms with Crippen molar-refractivity contribution in [3.05, 3.63) is 28.5 Å². The summed E-state index contributed by atoms with van der Waals surface area (Å²) in [5.41, 5.74) is 1.25. The Balaban J connectivity index is 1.72. The van der Waals surface area contributed by atoms with E-state index >= 15 is 0 Å². The molecule has 18 heavy (non-hydrogen) atoms. The molecule has 0 radical (unpaired) electrons. The number of pyridine rings is 1. The van der Waals surface area contributed by atoms with Gasteiger partial charge in [0.1, 0.15) is 0 Å². The number of hydrogen-bond donors (Lipinski definition) is 1. The lowest BCUT2D eigenvalue weighted by Crippen LogP contribution is -2.42. The van der Waals surface area contributed by atoms with Gasteiger partial charge in [0.2, 0.25) is 0 Å². The largest absolute Gasteiger partial charge is 0.310 e. The van der Waals surface area contributed by atoms with Gasteiger partial charge in [-0.25, -0.2) is 0 Å². The number of hydrogen-bond acceptors (Lipinski definition) is 3. The summed E-state index contributed by atoms with van der Waals surface area (Å²) in [4.78, 5) is 6.76. The topological polar surface area (TPSA) is 28.2 Å². The third-order valence-electron chi connectivity index (χ3n) is 3.48. The van der Waals surface area contributed by atoms with Gasteiger partial charge in [-0.15, -0.1) is 0 Å². The summed E-state index contributed by atoms with van der Waals surface area (Å²) in [5.74, 6) is 0. The molecule has 1 aromatic heterocycles. The van der Waals surface area contributed by atoms with E-state index in [-0.39, 0.29) is 0 Å². The molecular formula is C14H22BrN3. The van der Waals surface area contributed by atoms with Crippen molar-refractivity contribution < 1.29 is 0 Å². The molecule has 1 aromatic rings. The monoisotopic (exact) mass is 311 g/mol. The summed E-state index contributed by atoms with van der Waals surface area (Å²) in [6, 6.07) is 2.80. The van der Waals surface area contributed by atoms with Crippen LogP contribution in [0.3, 0.4) is 0 Å². The van der Waals surface area contributed by atoms with Crippen LogP contribution in [-0.2, 0) is 6.54 Å². The van der Waals surface area contributed by atoms with E-state index in [1.807, 2.05) is 12.4 Å². The van der Waals surface area contributed by atoms with Crippen molar-refractivity contribution in [1.82, 2.24) is 15.2 Å². The second-order valence-electron chi connectivity index (χ2n) is 5.01. The normalized spacial score (nSPS) is 18.1. The van der Waals surface area contributed by atoms with Crippen LogP contribution in [0.15, 0.2) is 22.9 Å². The predicted octanol–water partition coefficient (Wildman–Crippen LogP) is 2.81.